The van der Waals surface area contributed by atoms with Crippen molar-refractivity contribution in [2.45, 2.75) is 38.8 Å². The molecule has 0 aromatic carbocycles. The highest BCUT2D eigenvalue weighted by molar-refractivity contribution is 5.85. The minimum absolute atomic E-state index is 0.0706. The minimum atomic E-state index is -1.07. The van der Waals surface area contributed by atoms with Crippen LogP contribution in [0.3, 0.4) is 0 Å². The number of piperidine rings is 1. The van der Waals surface area contributed by atoms with E-state index in [2.05, 4.69) is 14.0 Å². The van der Waals surface area contributed by atoms with E-state index in [0.29, 0.717) is 12.5 Å². The van der Waals surface area contributed by atoms with Gasteiger partial charge in [-0.15, -0.1) is 0 Å². The summed E-state index contributed by atoms with van der Waals surface area (Å²) >= 11 is 0. The van der Waals surface area contributed by atoms with E-state index in [1.54, 1.807) is 0 Å². The van der Waals surface area contributed by atoms with Gasteiger partial charge < -0.3 is 10.0 Å². The summed E-state index contributed by atoms with van der Waals surface area (Å²) in [5, 5.41) is 10.1. The average molecular weight is 186 g/mol. The number of hydrogen-bond acceptors (Lipinski definition) is 2. The highest BCUT2D eigenvalue weighted by Gasteiger charge is 2.46. The van der Waals surface area contributed by atoms with E-state index < -0.39 is 5.60 Å². The summed E-state index contributed by atoms with van der Waals surface area (Å²) in [5.74, 6) is -0.0134. The van der Waals surface area contributed by atoms with Crippen LogP contribution in [0.25, 0.3) is 0 Å². The number of rotatable bonds is 1. The predicted molar refractivity (Wildman–Crippen MR) is 50.6 cm³/mol. The molecule has 1 fully saturated rings. The van der Waals surface area contributed by atoms with Crippen molar-refractivity contribution in [3.05, 3.63) is 0 Å². The third kappa shape index (κ3) is 1.76. The number of likely N-dealkylation sites (tertiary alicyclic amines) is 1. The van der Waals surface area contributed by atoms with Gasteiger partial charge in [-0.2, -0.15) is 0 Å². The van der Waals surface area contributed by atoms with Crippen LogP contribution < -0.4 is 4.90 Å². The van der Waals surface area contributed by atoms with Crippen LogP contribution in [0.15, 0.2) is 0 Å². The molecule has 1 heterocycles. The number of ketones is 1. The van der Waals surface area contributed by atoms with Crippen LogP contribution in [0.1, 0.15) is 27.2 Å². The molecule has 0 aromatic rings. The third-order valence-corrected chi connectivity index (χ3v) is 3.51. The van der Waals surface area contributed by atoms with E-state index in [1.807, 2.05) is 6.92 Å². The lowest BCUT2D eigenvalue weighted by atomic mass is 9.77. The summed E-state index contributed by atoms with van der Waals surface area (Å²) in [6.45, 7) is 6.40. The Morgan fingerprint density at radius 3 is 2.54 bits per heavy atom. The highest BCUT2D eigenvalue weighted by Crippen LogP contribution is 2.25. The van der Waals surface area contributed by atoms with Crippen molar-refractivity contribution in [1.29, 1.82) is 0 Å². The number of Topliss-reactive ketones (excluding diaryl/α,β-unsaturated/α-hetero) is 1. The van der Waals surface area contributed by atoms with Crippen LogP contribution >= 0.6 is 0 Å². The van der Waals surface area contributed by atoms with Crippen molar-refractivity contribution >= 4 is 5.78 Å². The first-order chi connectivity index (χ1) is 5.88. The van der Waals surface area contributed by atoms with Gasteiger partial charge in [0.1, 0.15) is 5.60 Å². The Morgan fingerprint density at radius 1 is 1.54 bits per heavy atom. The molecule has 0 bridgehead atoms. The second-order valence-corrected chi connectivity index (χ2v) is 4.54. The maximum Gasteiger partial charge on any atom is 0.162 e. The minimum Gasteiger partial charge on any atom is -0.381 e. The lowest BCUT2D eigenvalue weighted by Gasteiger charge is -2.41. The zero-order valence-electron chi connectivity index (χ0n) is 8.92. The number of quaternary nitrogens is 1. The fourth-order valence-electron chi connectivity index (χ4n) is 2.19. The summed E-state index contributed by atoms with van der Waals surface area (Å²) in [7, 11) is 2.11. The number of carbonyl (C=O) groups is 1. The Kier molecular flexibility index (Phi) is 2.78. The molecule has 3 nitrogen and oxygen atoms in total. The van der Waals surface area contributed by atoms with E-state index in [0.717, 1.165) is 6.54 Å². The van der Waals surface area contributed by atoms with Crippen molar-refractivity contribution in [2.75, 3.05) is 13.6 Å². The summed E-state index contributed by atoms with van der Waals surface area (Å²) in [5.41, 5.74) is -1.07. The Hall–Kier alpha value is -0.410. The Bertz CT molecular complexity index is 217. The van der Waals surface area contributed by atoms with Gasteiger partial charge in [-0.05, 0) is 13.8 Å². The summed E-state index contributed by atoms with van der Waals surface area (Å²) in [6.07, 6.45) is 0.593. The van der Waals surface area contributed by atoms with E-state index in [4.69, 9.17) is 0 Å². The van der Waals surface area contributed by atoms with E-state index in [-0.39, 0.29) is 11.7 Å². The SMILES string of the molecule is CC(=O)[C@@]1(O)C[C@@H](C)[NH+](C)C[C@H]1C. The van der Waals surface area contributed by atoms with Gasteiger partial charge >= 0.3 is 0 Å². The van der Waals surface area contributed by atoms with Crippen LogP contribution in [-0.4, -0.2) is 36.1 Å². The molecule has 1 aliphatic heterocycles. The molecule has 76 valence electrons. The molecule has 1 rings (SSSR count). The molecule has 1 unspecified atom stereocenters. The van der Waals surface area contributed by atoms with Crippen LogP contribution in [-0.2, 0) is 4.79 Å². The smallest absolute Gasteiger partial charge is 0.162 e. The standard InChI is InChI=1S/C10H19NO2/c1-7-6-11(4)8(2)5-10(7,13)9(3)12/h7-8,13H,5-6H2,1-4H3/p+1/t7-,8-,10-/m1/s1. The molecule has 0 amide bonds. The Balaban J connectivity index is 2.82. The molecular weight excluding hydrogens is 166 g/mol. The molecule has 13 heavy (non-hydrogen) atoms. The average Bonchev–Trinajstić information content (AvgIpc) is 2.01. The number of hydrogen-bond donors (Lipinski definition) is 2. The quantitative estimate of drug-likeness (QED) is 0.566. The first-order valence-electron chi connectivity index (χ1n) is 4.93. The van der Waals surface area contributed by atoms with Gasteiger partial charge in [0.05, 0.1) is 19.6 Å². The molecular formula is C10H20NO2+. The number of carbonyl (C=O) groups excluding carboxylic acids is 1. The normalized spacial score (nSPS) is 46.1. The maximum atomic E-state index is 11.3. The second kappa shape index (κ2) is 3.39. The fourth-order valence-corrected chi connectivity index (χ4v) is 2.19. The zero-order chi connectivity index (χ0) is 10.2. The van der Waals surface area contributed by atoms with E-state index >= 15 is 0 Å². The van der Waals surface area contributed by atoms with Crippen LogP contribution in [0.2, 0.25) is 0 Å². The second-order valence-electron chi connectivity index (χ2n) is 4.54. The molecule has 0 aromatic heterocycles. The van der Waals surface area contributed by atoms with Gasteiger partial charge in [0, 0.05) is 12.3 Å². The number of aliphatic hydroxyl groups is 1. The highest BCUT2D eigenvalue weighted by atomic mass is 16.3. The van der Waals surface area contributed by atoms with Gasteiger partial charge in [0.25, 0.3) is 0 Å². The van der Waals surface area contributed by atoms with Crippen LogP contribution in [0.5, 0.6) is 0 Å². The lowest BCUT2D eigenvalue weighted by molar-refractivity contribution is -0.915. The molecule has 4 atom stereocenters. The summed E-state index contributed by atoms with van der Waals surface area (Å²) in [4.78, 5) is 12.7. The van der Waals surface area contributed by atoms with E-state index in [1.165, 1.54) is 11.8 Å². The first-order valence-corrected chi connectivity index (χ1v) is 4.93. The molecule has 0 spiro atoms. The van der Waals surface area contributed by atoms with Gasteiger partial charge in [-0.1, -0.05) is 6.92 Å². The molecule has 0 radical (unpaired) electrons. The Morgan fingerprint density at radius 2 is 2.08 bits per heavy atom. The molecule has 0 aliphatic carbocycles. The van der Waals surface area contributed by atoms with Crippen molar-refractivity contribution in [3.8, 4) is 0 Å². The van der Waals surface area contributed by atoms with Crippen molar-refractivity contribution in [2.24, 2.45) is 5.92 Å². The van der Waals surface area contributed by atoms with Crippen LogP contribution in [0.4, 0.5) is 0 Å². The molecule has 3 heteroatoms. The van der Waals surface area contributed by atoms with Gasteiger partial charge in [-0.3, -0.25) is 4.79 Å². The monoisotopic (exact) mass is 186 g/mol. The summed E-state index contributed by atoms with van der Waals surface area (Å²) in [6, 6.07) is 0.366. The fraction of sp³-hybridized carbons (Fsp3) is 0.900. The number of nitrogens with one attached hydrogen (secondary N) is 1. The largest absolute Gasteiger partial charge is 0.381 e. The van der Waals surface area contributed by atoms with Gasteiger partial charge in [-0.25, -0.2) is 0 Å². The topological polar surface area (TPSA) is 41.7 Å². The van der Waals surface area contributed by atoms with Crippen molar-refractivity contribution < 1.29 is 14.8 Å². The van der Waals surface area contributed by atoms with Crippen molar-refractivity contribution in [1.82, 2.24) is 0 Å². The molecule has 1 saturated heterocycles. The molecule has 0 saturated carbocycles. The first kappa shape index (κ1) is 10.7. The van der Waals surface area contributed by atoms with Gasteiger partial charge in [0.2, 0.25) is 0 Å². The summed E-state index contributed by atoms with van der Waals surface area (Å²) < 4.78 is 0. The Labute approximate surface area is 79.7 Å². The third-order valence-electron chi connectivity index (χ3n) is 3.51. The molecule has 1 aliphatic rings. The molecule has 2 N–H and O–H groups in total. The predicted octanol–water partition coefficient (Wildman–Crippen LogP) is -0.750. The zero-order valence-corrected chi connectivity index (χ0v) is 8.92. The van der Waals surface area contributed by atoms with Crippen LogP contribution in [0, 0.1) is 5.92 Å². The van der Waals surface area contributed by atoms with E-state index in [9.17, 15) is 9.90 Å². The van der Waals surface area contributed by atoms with Gasteiger partial charge in [0.15, 0.2) is 5.78 Å². The van der Waals surface area contributed by atoms with Crippen molar-refractivity contribution in [3.63, 3.8) is 0 Å². The maximum absolute atomic E-state index is 11.3. The lowest BCUT2D eigenvalue weighted by Crippen LogP contribution is -3.15.